The normalized spacial score (nSPS) is 26.2. The molecule has 0 bridgehead atoms. The molecule has 1 saturated carbocycles. The first kappa shape index (κ1) is 24.0. The Kier molecular flexibility index (Phi) is 7.65. The van der Waals surface area contributed by atoms with E-state index in [-0.39, 0.29) is 18.9 Å². The number of rotatable bonds is 7. The molecule has 0 spiro atoms. The maximum atomic E-state index is 13.4. The van der Waals surface area contributed by atoms with Crippen LogP contribution in [-0.2, 0) is 20.9 Å². The monoisotopic (exact) mass is 443 g/mol. The van der Waals surface area contributed by atoms with Crippen molar-refractivity contribution in [1.29, 1.82) is 0 Å². The van der Waals surface area contributed by atoms with Crippen molar-refractivity contribution in [2.45, 2.75) is 77.1 Å². The lowest BCUT2D eigenvalue weighted by Gasteiger charge is -2.42. The van der Waals surface area contributed by atoms with Crippen molar-refractivity contribution in [1.82, 2.24) is 4.90 Å². The SMILES string of the molecule is CC(C)[C@]1(C(O)OCc2ccccc2)CC[C@@H](N(C(=O)C(F)(F)F)C2CCOCC2)C1. The molecule has 2 fully saturated rings. The fourth-order valence-corrected chi connectivity index (χ4v) is 5.00. The standard InChI is InChI=1S/C23H32F3NO4/c1-16(2)22(21(29)31-15-17-6-4-3-5-7-17)11-8-19(14-22)27(20(28)23(24,25)26)18-9-12-30-13-10-18/h3-7,16,18-19,21,29H,8-15H2,1-2H3/t19-,21?,22+/m1/s1. The van der Waals surface area contributed by atoms with Gasteiger partial charge in [-0.25, -0.2) is 0 Å². The number of aliphatic hydroxyl groups is 1. The Morgan fingerprint density at radius 3 is 2.42 bits per heavy atom. The number of ether oxygens (including phenoxy) is 2. The Hall–Kier alpha value is -1.64. The first-order valence-electron chi connectivity index (χ1n) is 11.0. The second-order valence-electron chi connectivity index (χ2n) is 8.99. The first-order chi connectivity index (χ1) is 14.6. The van der Waals surface area contributed by atoms with Gasteiger partial charge in [-0.3, -0.25) is 4.79 Å². The highest BCUT2D eigenvalue weighted by atomic mass is 19.4. The quantitative estimate of drug-likeness (QED) is 0.639. The molecule has 1 saturated heterocycles. The smallest absolute Gasteiger partial charge is 0.381 e. The molecule has 31 heavy (non-hydrogen) atoms. The molecule has 3 rings (SSSR count). The maximum Gasteiger partial charge on any atom is 0.471 e. The Morgan fingerprint density at radius 1 is 1.19 bits per heavy atom. The molecule has 1 aliphatic heterocycles. The molecular weight excluding hydrogens is 411 g/mol. The number of halogens is 3. The van der Waals surface area contributed by atoms with Crippen molar-refractivity contribution in [3.63, 3.8) is 0 Å². The lowest BCUT2D eigenvalue weighted by Crippen LogP contribution is -2.54. The zero-order chi connectivity index (χ0) is 22.6. The Bertz CT molecular complexity index is 721. The van der Waals surface area contributed by atoms with E-state index in [0.29, 0.717) is 38.9 Å². The number of hydrogen-bond donors (Lipinski definition) is 1. The third-order valence-electron chi connectivity index (χ3n) is 6.91. The second-order valence-corrected chi connectivity index (χ2v) is 8.99. The minimum atomic E-state index is -4.93. The van der Waals surface area contributed by atoms with Crippen LogP contribution in [0.1, 0.15) is 51.5 Å². The topological polar surface area (TPSA) is 59.0 Å². The van der Waals surface area contributed by atoms with Gasteiger partial charge >= 0.3 is 12.1 Å². The van der Waals surface area contributed by atoms with E-state index >= 15 is 0 Å². The van der Waals surface area contributed by atoms with Gasteiger partial charge in [0.2, 0.25) is 0 Å². The molecule has 2 aliphatic rings. The number of hydrogen-bond acceptors (Lipinski definition) is 4. The predicted molar refractivity (Wildman–Crippen MR) is 109 cm³/mol. The number of aliphatic hydroxyl groups excluding tert-OH is 1. The Morgan fingerprint density at radius 2 is 1.84 bits per heavy atom. The molecule has 1 heterocycles. The van der Waals surface area contributed by atoms with Crippen molar-refractivity contribution in [2.75, 3.05) is 13.2 Å². The second kappa shape index (κ2) is 9.88. The van der Waals surface area contributed by atoms with Crippen LogP contribution in [0.2, 0.25) is 0 Å². The van der Waals surface area contributed by atoms with E-state index in [9.17, 15) is 23.1 Å². The fourth-order valence-electron chi connectivity index (χ4n) is 5.00. The number of amides is 1. The average molecular weight is 444 g/mol. The van der Waals surface area contributed by atoms with E-state index in [1.54, 1.807) is 0 Å². The molecular formula is C23H32F3NO4. The molecule has 1 aromatic rings. The van der Waals surface area contributed by atoms with Crippen LogP contribution < -0.4 is 0 Å². The average Bonchev–Trinajstić information content (AvgIpc) is 3.19. The number of alkyl halides is 3. The van der Waals surface area contributed by atoms with E-state index in [2.05, 4.69) is 0 Å². The molecule has 3 atom stereocenters. The van der Waals surface area contributed by atoms with Gasteiger partial charge in [0.25, 0.3) is 0 Å². The van der Waals surface area contributed by atoms with Crippen LogP contribution in [0.25, 0.3) is 0 Å². The van der Waals surface area contributed by atoms with Crippen LogP contribution in [0, 0.1) is 11.3 Å². The van der Waals surface area contributed by atoms with E-state index in [1.807, 2.05) is 44.2 Å². The summed E-state index contributed by atoms with van der Waals surface area (Å²) in [7, 11) is 0. The largest absolute Gasteiger partial charge is 0.471 e. The van der Waals surface area contributed by atoms with Crippen molar-refractivity contribution >= 4 is 5.91 Å². The van der Waals surface area contributed by atoms with Crippen molar-refractivity contribution in [3.05, 3.63) is 35.9 Å². The zero-order valence-corrected chi connectivity index (χ0v) is 18.1. The summed E-state index contributed by atoms with van der Waals surface area (Å²) in [5.74, 6) is -1.82. The molecule has 0 aromatic heterocycles. The molecule has 8 heteroatoms. The number of benzene rings is 1. The molecule has 1 aromatic carbocycles. The van der Waals surface area contributed by atoms with Gasteiger partial charge < -0.3 is 19.5 Å². The van der Waals surface area contributed by atoms with Crippen molar-refractivity contribution in [2.24, 2.45) is 11.3 Å². The van der Waals surface area contributed by atoms with Crippen LogP contribution >= 0.6 is 0 Å². The van der Waals surface area contributed by atoms with Gasteiger partial charge in [0.05, 0.1) is 6.61 Å². The van der Waals surface area contributed by atoms with Crippen LogP contribution in [0.5, 0.6) is 0 Å². The van der Waals surface area contributed by atoms with Crippen molar-refractivity contribution in [3.8, 4) is 0 Å². The molecule has 1 amide bonds. The Balaban J connectivity index is 1.77. The zero-order valence-electron chi connectivity index (χ0n) is 18.1. The molecule has 1 aliphatic carbocycles. The van der Waals surface area contributed by atoms with Gasteiger partial charge in [-0.15, -0.1) is 0 Å². The third-order valence-corrected chi connectivity index (χ3v) is 6.91. The van der Waals surface area contributed by atoms with Gasteiger partial charge in [-0.05, 0) is 43.6 Å². The predicted octanol–water partition coefficient (Wildman–Crippen LogP) is 4.29. The van der Waals surface area contributed by atoms with E-state index in [1.165, 1.54) is 0 Å². The van der Waals surface area contributed by atoms with E-state index < -0.39 is 35.9 Å². The highest BCUT2D eigenvalue weighted by Gasteiger charge is 2.54. The maximum absolute atomic E-state index is 13.4. The number of carbonyl (C=O) groups excluding carboxylic acids is 1. The van der Waals surface area contributed by atoms with Crippen LogP contribution in [-0.4, -0.2) is 53.7 Å². The number of nitrogens with zero attached hydrogens (tertiary/aromatic N) is 1. The minimum Gasteiger partial charge on any atom is -0.381 e. The highest BCUT2D eigenvalue weighted by Crippen LogP contribution is 2.50. The van der Waals surface area contributed by atoms with Crippen LogP contribution in [0.3, 0.4) is 0 Å². The van der Waals surface area contributed by atoms with Gasteiger partial charge in [0.1, 0.15) is 0 Å². The van der Waals surface area contributed by atoms with Crippen LogP contribution in [0.4, 0.5) is 13.2 Å². The lowest BCUT2D eigenvalue weighted by atomic mass is 9.74. The molecule has 0 radical (unpaired) electrons. The summed E-state index contributed by atoms with van der Waals surface area (Å²) in [6, 6.07) is 8.34. The molecule has 174 valence electrons. The van der Waals surface area contributed by atoms with Crippen LogP contribution in [0.15, 0.2) is 30.3 Å². The summed E-state index contributed by atoms with van der Waals surface area (Å²) in [4.78, 5) is 13.4. The summed E-state index contributed by atoms with van der Waals surface area (Å²) >= 11 is 0. The van der Waals surface area contributed by atoms with Gasteiger partial charge in [-0.1, -0.05) is 44.2 Å². The fraction of sp³-hybridized carbons (Fsp3) is 0.696. The summed E-state index contributed by atoms with van der Waals surface area (Å²) in [6.45, 7) is 4.80. The van der Waals surface area contributed by atoms with Gasteiger partial charge in [-0.2, -0.15) is 13.2 Å². The summed E-state index contributed by atoms with van der Waals surface area (Å²) in [5, 5.41) is 11.0. The molecule has 1 unspecified atom stereocenters. The summed E-state index contributed by atoms with van der Waals surface area (Å²) < 4.78 is 51.4. The van der Waals surface area contributed by atoms with Crippen molar-refractivity contribution < 1.29 is 32.5 Å². The van der Waals surface area contributed by atoms with Gasteiger partial charge in [0, 0.05) is 30.7 Å². The van der Waals surface area contributed by atoms with E-state index in [0.717, 1.165) is 10.5 Å². The lowest BCUT2D eigenvalue weighted by molar-refractivity contribution is -0.201. The first-order valence-corrected chi connectivity index (χ1v) is 11.0. The van der Waals surface area contributed by atoms with Gasteiger partial charge in [0.15, 0.2) is 6.29 Å². The third kappa shape index (κ3) is 5.41. The highest BCUT2D eigenvalue weighted by molar-refractivity contribution is 5.82. The molecule has 5 nitrogen and oxygen atoms in total. The number of carbonyl (C=O) groups is 1. The summed E-state index contributed by atoms with van der Waals surface area (Å²) in [5.41, 5.74) is 0.195. The molecule has 1 N–H and O–H groups in total. The van der Waals surface area contributed by atoms with E-state index in [4.69, 9.17) is 9.47 Å². The minimum absolute atomic E-state index is 0.0270. The summed E-state index contributed by atoms with van der Waals surface area (Å²) in [6.07, 6.45) is -4.10. The Labute approximate surface area is 181 Å².